The molecule has 1 saturated heterocycles. The Morgan fingerprint density at radius 1 is 0.806 bits per heavy atom. The Morgan fingerprint density at radius 3 is 1.58 bits per heavy atom. The van der Waals surface area contributed by atoms with Crippen LogP contribution in [0.15, 0.2) is 91.0 Å². The van der Waals surface area contributed by atoms with Gasteiger partial charge in [-0.3, -0.25) is 4.79 Å². The Labute approximate surface area is 216 Å². The highest BCUT2D eigenvalue weighted by Gasteiger charge is 2.48. The van der Waals surface area contributed by atoms with Crippen LogP contribution in [0.3, 0.4) is 0 Å². The van der Waals surface area contributed by atoms with E-state index in [1.54, 1.807) is 0 Å². The molecule has 0 amide bonds. The molecule has 5 heteroatoms. The van der Waals surface area contributed by atoms with Gasteiger partial charge in [-0.1, -0.05) is 54.6 Å². The fourth-order valence-electron chi connectivity index (χ4n) is 5.95. The minimum Gasteiger partial charge on any atom is -0.393 e. The van der Waals surface area contributed by atoms with Crippen LogP contribution in [0.4, 0.5) is 0 Å². The fourth-order valence-corrected chi connectivity index (χ4v) is 10.3. The van der Waals surface area contributed by atoms with Crippen molar-refractivity contribution < 1.29 is 14.7 Å². The minimum absolute atomic E-state index is 0.208. The first kappa shape index (κ1) is 26.5. The summed E-state index contributed by atoms with van der Waals surface area (Å²) in [4.78, 5) is 19.1. The van der Waals surface area contributed by atoms with Gasteiger partial charge in [-0.25, -0.2) is 0 Å². The minimum atomic E-state index is -1.97. The quantitative estimate of drug-likeness (QED) is 0.427. The molecule has 0 bridgehead atoms. The molecule has 190 valence electrons. The summed E-state index contributed by atoms with van der Waals surface area (Å²) < 4.78 is 0. The molecule has 1 N–H and O–H groups in total. The predicted octanol–water partition coefficient (Wildman–Crippen LogP) is 5.23. The Balaban J connectivity index is 1.59. The zero-order chi connectivity index (χ0) is 25.8. The number of benzene rings is 3. The lowest BCUT2D eigenvalue weighted by molar-refractivity contribution is -0.276. The van der Waals surface area contributed by atoms with Crippen LogP contribution in [-0.4, -0.2) is 39.5 Å². The average molecular weight is 505 g/mol. The summed E-state index contributed by atoms with van der Waals surface area (Å²) in [5.41, 5.74) is -0.850. The summed E-state index contributed by atoms with van der Waals surface area (Å²) in [6, 6.07) is 32.2. The van der Waals surface area contributed by atoms with E-state index in [2.05, 4.69) is 91.0 Å². The van der Waals surface area contributed by atoms with E-state index in [9.17, 15) is 9.90 Å². The van der Waals surface area contributed by atoms with Crippen molar-refractivity contribution in [2.75, 3.05) is 6.16 Å². The molecule has 0 saturated carbocycles. The smallest absolute Gasteiger partial charge is 0.325 e. The normalized spacial score (nSPS) is 18.0. The monoisotopic (exact) mass is 504 g/mol. The summed E-state index contributed by atoms with van der Waals surface area (Å²) in [6.45, 7) is 8.12. The van der Waals surface area contributed by atoms with E-state index in [1.165, 1.54) is 15.9 Å². The fraction of sp³-hybridized carbons (Fsp3) is 0.387. The second kappa shape index (κ2) is 10.8. The lowest BCUT2D eigenvalue weighted by Crippen LogP contribution is -2.62. The summed E-state index contributed by atoms with van der Waals surface area (Å²) in [7, 11) is -1.97. The zero-order valence-corrected chi connectivity index (χ0v) is 22.8. The number of rotatable bonds is 8. The highest BCUT2D eigenvalue weighted by atomic mass is 31.2. The van der Waals surface area contributed by atoms with Crippen molar-refractivity contribution in [2.45, 2.75) is 70.6 Å². The SMILES string of the molecule is CC1(C)CC(O)CC(C)(C)N1OC(=O)CCC[P+](c1ccccc1)(c1ccccc1)c1ccccc1. The van der Waals surface area contributed by atoms with Crippen LogP contribution in [0.1, 0.15) is 53.4 Å². The van der Waals surface area contributed by atoms with Crippen molar-refractivity contribution in [2.24, 2.45) is 0 Å². The van der Waals surface area contributed by atoms with Gasteiger partial charge in [-0.2, -0.15) is 0 Å². The Morgan fingerprint density at radius 2 is 1.19 bits per heavy atom. The molecule has 1 aliphatic rings. The molecular weight excluding hydrogens is 465 g/mol. The molecule has 0 aliphatic carbocycles. The zero-order valence-electron chi connectivity index (χ0n) is 21.9. The first-order valence-corrected chi connectivity index (χ1v) is 14.9. The highest BCUT2D eigenvalue weighted by molar-refractivity contribution is 7.95. The van der Waals surface area contributed by atoms with E-state index < -0.39 is 24.4 Å². The van der Waals surface area contributed by atoms with Gasteiger partial charge in [-0.15, -0.1) is 5.06 Å². The van der Waals surface area contributed by atoms with Gasteiger partial charge in [-0.05, 0) is 83.4 Å². The Kier molecular flexibility index (Phi) is 7.99. The van der Waals surface area contributed by atoms with Gasteiger partial charge in [0, 0.05) is 0 Å². The third-order valence-electron chi connectivity index (χ3n) is 7.23. The van der Waals surface area contributed by atoms with Gasteiger partial charge < -0.3 is 9.94 Å². The summed E-state index contributed by atoms with van der Waals surface area (Å²) >= 11 is 0. The molecule has 0 unspecified atom stereocenters. The second-order valence-electron chi connectivity index (χ2n) is 11.1. The molecule has 1 heterocycles. The molecule has 36 heavy (non-hydrogen) atoms. The first-order valence-electron chi connectivity index (χ1n) is 12.9. The molecule has 4 rings (SSSR count). The summed E-state index contributed by atoms with van der Waals surface area (Å²) in [5, 5.41) is 16.1. The van der Waals surface area contributed by atoms with Crippen LogP contribution >= 0.6 is 7.26 Å². The Bertz CT molecular complexity index is 1020. The Hall–Kier alpha value is -2.52. The molecule has 0 spiro atoms. The van der Waals surface area contributed by atoms with E-state index in [4.69, 9.17) is 4.84 Å². The summed E-state index contributed by atoms with van der Waals surface area (Å²) in [5.74, 6) is -0.208. The van der Waals surface area contributed by atoms with E-state index >= 15 is 0 Å². The lowest BCUT2D eigenvalue weighted by Gasteiger charge is -2.51. The molecule has 0 aromatic heterocycles. The maximum Gasteiger partial charge on any atom is 0.325 e. The van der Waals surface area contributed by atoms with Gasteiger partial charge in [0.25, 0.3) is 0 Å². The van der Waals surface area contributed by atoms with E-state index in [1.807, 2.05) is 32.8 Å². The summed E-state index contributed by atoms with van der Waals surface area (Å²) in [6.07, 6.45) is 2.72. The van der Waals surface area contributed by atoms with Gasteiger partial charge in [0.05, 0.1) is 29.8 Å². The second-order valence-corrected chi connectivity index (χ2v) is 14.7. The van der Waals surface area contributed by atoms with Crippen molar-refractivity contribution in [1.82, 2.24) is 5.06 Å². The molecule has 4 nitrogen and oxygen atoms in total. The lowest BCUT2D eigenvalue weighted by atomic mass is 9.80. The highest BCUT2D eigenvalue weighted by Crippen LogP contribution is 2.56. The number of carbonyl (C=O) groups is 1. The van der Waals surface area contributed by atoms with Crippen LogP contribution in [0.25, 0.3) is 0 Å². The van der Waals surface area contributed by atoms with Crippen molar-refractivity contribution in [3.63, 3.8) is 0 Å². The standard InChI is InChI=1S/C31H39NO3P/c1-30(2)23-25(33)24-31(3,4)32(30)35-29(34)21-14-22-36(26-15-8-5-9-16-26,27-17-10-6-11-18-27)28-19-12-7-13-20-28/h5-13,15-20,25,33H,14,21-24H2,1-4H3/q+1. The van der Waals surface area contributed by atoms with Gasteiger partial charge in [0.15, 0.2) is 0 Å². The van der Waals surface area contributed by atoms with Gasteiger partial charge >= 0.3 is 5.97 Å². The number of nitrogens with zero attached hydrogens (tertiary/aromatic N) is 1. The molecule has 1 fully saturated rings. The molecular formula is C31H39NO3P+. The first-order chi connectivity index (χ1) is 17.1. The van der Waals surface area contributed by atoms with Crippen LogP contribution < -0.4 is 15.9 Å². The van der Waals surface area contributed by atoms with Crippen molar-refractivity contribution in [1.29, 1.82) is 0 Å². The van der Waals surface area contributed by atoms with Crippen molar-refractivity contribution >= 4 is 29.1 Å². The third-order valence-corrected chi connectivity index (χ3v) is 11.8. The maximum absolute atomic E-state index is 13.1. The van der Waals surface area contributed by atoms with E-state index in [0.717, 1.165) is 12.6 Å². The van der Waals surface area contributed by atoms with Crippen LogP contribution in [0, 0.1) is 0 Å². The van der Waals surface area contributed by atoms with Crippen LogP contribution in [-0.2, 0) is 9.63 Å². The number of hydrogen-bond acceptors (Lipinski definition) is 4. The molecule has 0 atom stereocenters. The van der Waals surface area contributed by atoms with E-state index in [-0.39, 0.29) is 5.97 Å². The number of aliphatic hydroxyl groups is 1. The number of piperidine rings is 1. The van der Waals surface area contributed by atoms with Crippen LogP contribution in [0.2, 0.25) is 0 Å². The number of hydrogen-bond donors (Lipinski definition) is 1. The average Bonchev–Trinajstić information content (AvgIpc) is 2.85. The van der Waals surface area contributed by atoms with Crippen LogP contribution in [0.5, 0.6) is 0 Å². The van der Waals surface area contributed by atoms with Crippen molar-refractivity contribution in [3.8, 4) is 0 Å². The molecule has 0 radical (unpaired) electrons. The molecule has 3 aromatic rings. The van der Waals surface area contributed by atoms with Crippen molar-refractivity contribution in [3.05, 3.63) is 91.0 Å². The molecule has 3 aromatic carbocycles. The third kappa shape index (κ3) is 5.57. The van der Waals surface area contributed by atoms with E-state index in [0.29, 0.717) is 19.3 Å². The maximum atomic E-state index is 13.1. The topological polar surface area (TPSA) is 49.8 Å². The largest absolute Gasteiger partial charge is 0.393 e. The number of hydroxylamine groups is 2. The van der Waals surface area contributed by atoms with Gasteiger partial charge in [0.1, 0.15) is 23.2 Å². The van der Waals surface area contributed by atoms with Gasteiger partial charge in [0.2, 0.25) is 0 Å². The number of aliphatic hydroxyl groups excluding tert-OH is 1. The predicted molar refractivity (Wildman–Crippen MR) is 151 cm³/mol. The molecule has 1 aliphatic heterocycles. The number of carbonyl (C=O) groups excluding carboxylic acids is 1.